The zero-order valence-corrected chi connectivity index (χ0v) is 17.0. The summed E-state index contributed by atoms with van der Waals surface area (Å²) in [5.74, 6) is -0.0284. The van der Waals surface area contributed by atoms with Crippen molar-refractivity contribution in [3.8, 4) is 16.3 Å². The van der Waals surface area contributed by atoms with Gasteiger partial charge < -0.3 is 5.32 Å². The first-order valence-electron chi connectivity index (χ1n) is 9.60. The number of amides is 1. The van der Waals surface area contributed by atoms with E-state index in [0.717, 1.165) is 33.9 Å². The third-order valence-electron chi connectivity index (χ3n) is 4.70. The van der Waals surface area contributed by atoms with Gasteiger partial charge in [0.05, 0.1) is 17.8 Å². The largest absolute Gasteiger partial charge is 0.352 e. The maximum atomic E-state index is 12.3. The van der Waals surface area contributed by atoms with Gasteiger partial charge in [-0.2, -0.15) is 5.10 Å². The molecule has 0 saturated carbocycles. The minimum Gasteiger partial charge on any atom is -0.352 e. The second-order valence-electron chi connectivity index (χ2n) is 6.77. The summed E-state index contributed by atoms with van der Waals surface area (Å²) in [6.45, 7) is 2.64. The van der Waals surface area contributed by atoms with Crippen LogP contribution < -0.4 is 5.32 Å². The van der Waals surface area contributed by atoms with Gasteiger partial charge in [0.2, 0.25) is 5.91 Å². The fourth-order valence-corrected chi connectivity index (χ4v) is 3.85. The predicted octanol–water partition coefficient (Wildman–Crippen LogP) is 4.42. The highest BCUT2D eigenvalue weighted by atomic mass is 32.1. The molecule has 5 nitrogen and oxygen atoms in total. The number of hydrogen-bond acceptors (Lipinski definition) is 4. The number of nitrogens with one attached hydrogen (secondary N) is 1. The second kappa shape index (κ2) is 8.84. The first kappa shape index (κ1) is 19.1. The van der Waals surface area contributed by atoms with Crippen molar-refractivity contribution in [2.45, 2.75) is 26.3 Å². The fraction of sp³-hybridized carbons (Fsp3) is 0.174. The Kier molecular flexibility index (Phi) is 5.81. The van der Waals surface area contributed by atoms with Crippen molar-refractivity contribution in [2.75, 3.05) is 0 Å². The molecule has 2 aromatic carbocycles. The van der Waals surface area contributed by atoms with E-state index >= 15 is 0 Å². The van der Waals surface area contributed by atoms with Gasteiger partial charge in [0.25, 0.3) is 0 Å². The van der Waals surface area contributed by atoms with Crippen LogP contribution in [0.2, 0.25) is 0 Å². The van der Waals surface area contributed by atoms with Crippen LogP contribution in [0.25, 0.3) is 16.3 Å². The SMILES string of the molecule is CCc1ccc(-c2nc(CC(=O)NCc3ccc(-n4cccn4)cc3)cs2)cc1. The van der Waals surface area contributed by atoms with Crippen molar-refractivity contribution in [1.82, 2.24) is 20.1 Å². The third-order valence-corrected chi connectivity index (χ3v) is 5.64. The minimum absolute atomic E-state index is 0.0284. The Morgan fingerprint density at radius 1 is 1.07 bits per heavy atom. The summed E-state index contributed by atoms with van der Waals surface area (Å²) in [5.41, 5.74) is 5.24. The van der Waals surface area contributed by atoms with E-state index in [4.69, 9.17) is 0 Å². The maximum Gasteiger partial charge on any atom is 0.226 e. The number of nitrogens with zero attached hydrogens (tertiary/aromatic N) is 3. The Balaban J connectivity index is 1.31. The Bertz CT molecular complexity index is 1070. The highest BCUT2D eigenvalue weighted by molar-refractivity contribution is 7.13. The van der Waals surface area contributed by atoms with E-state index in [0.29, 0.717) is 6.54 Å². The Hall–Kier alpha value is -3.25. The maximum absolute atomic E-state index is 12.3. The molecule has 0 saturated heterocycles. The van der Waals surface area contributed by atoms with Crippen LogP contribution in [0.5, 0.6) is 0 Å². The van der Waals surface area contributed by atoms with E-state index in [1.807, 2.05) is 41.9 Å². The molecule has 146 valence electrons. The van der Waals surface area contributed by atoms with E-state index in [1.54, 1.807) is 22.2 Å². The summed E-state index contributed by atoms with van der Waals surface area (Å²) in [7, 11) is 0. The van der Waals surface area contributed by atoms with Crippen LogP contribution in [0, 0.1) is 0 Å². The molecule has 6 heteroatoms. The number of aromatic nitrogens is 3. The number of rotatable bonds is 7. The number of aryl methyl sites for hydroxylation is 1. The lowest BCUT2D eigenvalue weighted by Crippen LogP contribution is -2.24. The van der Waals surface area contributed by atoms with Crippen molar-refractivity contribution in [3.63, 3.8) is 0 Å². The summed E-state index contributed by atoms with van der Waals surface area (Å²) in [5, 5.41) is 10.1. The number of hydrogen-bond donors (Lipinski definition) is 1. The average molecular weight is 403 g/mol. The van der Waals surface area contributed by atoms with E-state index in [9.17, 15) is 4.79 Å². The molecule has 0 spiro atoms. The van der Waals surface area contributed by atoms with Crippen LogP contribution in [0.3, 0.4) is 0 Å². The molecule has 4 rings (SSSR count). The Morgan fingerprint density at radius 2 is 1.83 bits per heavy atom. The van der Waals surface area contributed by atoms with E-state index in [2.05, 4.69) is 46.6 Å². The van der Waals surface area contributed by atoms with Crippen LogP contribution in [-0.2, 0) is 24.2 Å². The molecule has 0 aliphatic rings. The van der Waals surface area contributed by atoms with Crippen LogP contribution >= 0.6 is 11.3 Å². The molecule has 0 aliphatic carbocycles. The predicted molar refractivity (Wildman–Crippen MR) is 116 cm³/mol. The van der Waals surface area contributed by atoms with Gasteiger partial charge in [-0.15, -0.1) is 11.3 Å². The molecule has 4 aromatic rings. The highest BCUT2D eigenvalue weighted by Gasteiger charge is 2.09. The summed E-state index contributed by atoms with van der Waals surface area (Å²) in [4.78, 5) is 16.9. The molecular formula is C23H22N4OS. The van der Waals surface area contributed by atoms with Crippen molar-refractivity contribution in [3.05, 3.63) is 89.2 Å². The van der Waals surface area contributed by atoms with Crippen LogP contribution in [0.15, 0.2) is 72.4 Å². The molecule has 0 bridgehead atoms. The smallest absolute Gasteiger partial charge is 0.226 e. The molecule has 2 heterocycles. The van der Waals surface area contributed by atoms with Gasteiger partial charge in [0, 0.05) is 29.9 Å². The lowest BCUT2D eigenvalue weighted by molar-refractivity contribution is -0.120. The number of thiazole rings is 1. The topological polar surface area (TPSA) is 59.8 Å². The lowest BCUT2D eigenvalue weighted by Gasteiger charge is -2.06. The quantitative estimate of drug-likeness (QED) is 0.498. The van der Waals surface area contributed by atoms with E-state index < -0.39 is 0 Å². The lowest BCUT2D eigenvalue weighted by atomic mass is 10.1. The van der Waals surface area contributed by atoms with Gasteiger partial charge in [-0.25, -0.2) is 9.67 Å². The summed E-state index contributed by atoms with van der Waals surface area (Å²) in [6.07, 6.45) is 4.96. The molecular weight excluding hydrogens is 380 g/mol. The molecule has 0 fully saturated rings. The summed E-state index contributed by atoms with van der Waals surface area (Å²) >= 11 is 1.57. The van der Waals surface area contributed by atoms with Gasteiger partial charge in [-0.05, 0) is 35.7 Å². The molecule has 1 N–H and O–H groups in total. The third kappa shape index (κ3) is 4.78. The first-order chi connectivity index (χ1) is 14.2. The van der Waals surface area contributed by atoms with Crippen molar-refractivity contribution in [2.24, 2.45) is 0 Å². The van der Waals surface area contributed by atoms with E-state index in [-0.39, 0.29) is 12.3 Å². The molecule has 29 heavy (non-hydrogen) atoms. The van der Waals surface area contributed by atoms with Gasteiger partial charge in [-0.3, -0.25) is 4.79 Å². The Labute approximate surface area is 174 Å². The number of carbonyl (C=O) groups is 1. The molecule has 1 amide bonds. The Morgan fingerprint density at radius 3 is 2.52 bits per heavy atom. The minimum atomic E-state index is -0.0284. The average Bonchev–Trinajstić information content (AvgIpc) is 3.45. The fourth-order valence-electron chi connectivity index (χ4n) is 3.02. The van der Waals surface area contributed by atoms with Gasteiger partial charge in [-0.1, -0.05) is 43.3 Å². The molecule has 0 atom stereocenters. The van der Waals surface area contributed by atoms with Gasteiger partial charge in [0.1, 0.15) is 5.01 Å². The molecule has 2 aromatic heterocycles. The van der Waals surface area contributed by atoms with Crippen LogP contribution in [0.1, 0.15) is 23.7 Å². The molecule has 0 radical (unpaired) electrons. The molecule has 0 aliphatic heterocycles. The standard InChI is InChI=1S/C23H22N4OS/c1-2-17-4-8-19(9-5-17)23-26-20(16-29-23)14-22(28)24-15-18-6-10-21(11-7-18)27-13-3-12-25-27/h3-13,16H,2,14-15H2,1H3,(H,24,28). The van der Waals surface area contributed by atoms with Crippen molar-refractivity contribution < 1.29 is 4.79 Å². The normalized spacial score (nSPS) is 10.8. The van der Waals surface area contributed by atoms with Gasteiger partial charge in [0.15, 0.2) is 0 Å². The van der Waals surface area contributed by atoms with E-state index in [1.165, 1.54) is 5.56 Å². The number of carbonyl (C=O) groups excluding carboxylic acids is 1. The zero-order valence-electron chi connectivity index (χ0n) is 16.2. The summed E-state index contributed by atoms with van der Waals surface area (Å²) < 4.78 is 1.80. The van der Waals surface area contributed by atoms with Crippen LogP contribution in [0.4, 0.5) is 0 Å². The summed E-state index contributed by atoms with van der Waals surface area (Å²) in [6, 6.07) is 18.3. The van der Waals surface area contributed by atoms with Gasteiger partial charge >= 0.3 is 0 Å². The monoisotopic (exact) mass is 402 g/mol. The van der Waals surface area contributed by atoms with Crippen molar-refractivity contribution in [1.29, 1.82) is 0 Å². The first-order valence-corrected chi connectivity index (χ1v) is 10.5. The number of benzene rings is 2. The van der Waals surface area contributed by atoms with Crippen molar-refractivity contribution >= 4 is 17.2 Å². The highest BCUT2D eigenvalue weighted by Crippen LogP contribution is 2.24. The zero-order chi connectivity index (χ0) is 20.1. The van der Waals surface area contributed by atoms with Crippen LogP contribution in [-0.4, -0.2) is 20.7 Å². The second-order valence-corrected chi connectivity index (χ2v) is 7.62. The molecule has 0 unspecified atom stereocenters.